The van der Waals surface area contributed by atoms with Crippen molar-refractivity contribution in [3.05, 3.63) is 12.2 Å². The van der Waals surface area contributed by atoms with Crippen LogP contribution >= 0.6 is 0 Å². The molecule has 28 heavy (non-hydrogen) atoms. The van der Waals surface area contributed by atoms with Crippen LogP contribution in [0.3, 0.4) is 0 Å². The smallest absolute Gasteiger partial charge is 0.0930 e. The number of aliphatic hydroxyl groups is 1. The summed E-state index contributed by atoms with van der Waals surface area (Å²) in [5.41, 5.74) is 2.62. The lowest BCUT2D eigenvalue weighted by molar-refractivity contribution is -0.0682. The minimum atomic E-state index is 0.132. The lowest BCUT2D eigenvalue weighted by atomic mass is 9.46. The third kappa shape index (κ3) is 2.96. The molecule has 7 atom stereocenters. The van der Waals surface area contributed by atoms with Crippen molar-refractivity contribution in [1.29, 1.82) is 0 Å². The molecule has 2 heteroatoms. The predicted molar refractivity (Wildman–Crippen MR) is 114 cm³/mol. The van der Waals surface area contributed by atoms with E-state index in [0.29, 0.717) is 23.5 Å². The second-order valence-corrected chi connectivity index (χ2v) is 11.9. The topological polar surface area (TPSA) is 32.8 Å². The van der Waals surface area contributed by atoms with E-state index in [1.165, 1.54) is 77.0 Å². The van der Waals surface area contributed by atoms with Crippen LogP contribution < -0.4 is 0 Å². The first-order valence-corrected chi connectivity index (χ1v) is 12.4. The van der Waals surface area contributed by atoms with Gasteiger partial charge >= 0.3 is 0 Å². The molecular weight excluding hydrogens is 344 g/mol. The highest BCUT2D eigenvalue weighted by atomic mass is 16.6. The number of ether oxygens (including phenoxy) is 1. The fourth-order valence-electron chi connectivity index (χ4n) is 8.69. The van der Waals surface area contributed by atoms with Crippen molar-refractivity contribution in [3.8, 4) is 0 Å². The van der Waals surface area contributed by atoms with Gasteiger partial charge in [0.15, 0.2) is 0 Å². The van der Waals surface area contributed by atoms with Gasteiger partial charge in [0.1, 0.15) is 0 Å². The number of aliphatic hydroxyl groups excluding tert-OH is 1. The Morgan fingerprint density at radius 1 is 1.07 bits per heavy atom. The standard InChI is InChI=1S/C26H42O2/c1-18-15-26(13-10-19(16-26)7-6-14-27)23-25(3,28-23)12-11-22-21(18)17-24(22,2)20-8-4-5-9-20/h19-23,27H,1,4-17H2,2-3H3/t19-,21+,22+,23+,24+,25+,26+/m0/s1. The van der Waals surface area contributed by atoms with Crippen LogP contribution in [0, 0.1) is 34.5 Å². The molecule has 158 valence electrons. The number of allylic oxidation sites excluding steroid dienone is 1. The first-order valence-electron chi connectivity index (χ1n) is 12.4. The van der Waals surface area contributed by atoms with Gasteiger partial charge in [0.05, 0.1) is 11.7 Å². The Labute approximate surface area is 172 Å². The summed E-state index contributed by atoms with van der Waals surface area (Å²) >= 11 is 0. The molecule has 1 saturated heterocycles. The van der Waals surface area contributed by atoms with Gasteiger partial charge in [-0.3, -0.25) is 0 Å². The molecule has 1 N–H and O–H groups in total. The highest BCUT2D eigenvalue weighted by Crippen LogP contribution is 2.68. The number of fused-ring (bicyclic) bond motifs is 3. The molecule has 5 aliphatic rings. The molecule has 5 rings (SSSR count). The second-order valence-electron chi connectivity index (χ2n) is 11.9. The van der Waals surface area contributed by atoms with Crippen LogP contribution in [0.15, 0.2) is 12.2 Å². The molecular formula is C26H42O2. The third-order valence-electron chi connectivity index (χ3n) is 10.3. The molecule has 4 saturated carbocycles. The van der Waals surface area contributed by atoms with E-state index in [2.05, 4.69) is 13.8 Å². The molecule has 1 aliphatic heterocycles. The fraction of sp³-hybridized carbons (Fsp3) is 0.923. The molecule has 0 amide bonds. The van der Waals surface area contributed by atoms with E-state index in [9.17, 15) is 5.11 Å². The number of hydrogen-bond donors (Lipinski definition) is 1. The maximum atomic E-state index is 9.26. The van der Waals surface area contributed by atoms with Gasteiger partial charge in [0.25, 0.3) is 0 Å². The number of hydrogen-bond acceptors (Lipinski definition) is 2. The van der Waals surface area contributed by atoms with Gasteiger partial charge in [0, 0.05) is 12.0 Å². The maximum Gasteiger partial charge on any atom is 0.0930 e. The molecule has 0 aromatic carbocycles. The van der Waals surface area contributed by atoms with Crippen LogP contribution in [-0.4, -0.2) is 23.4 Å². The Kier molecular flexibility index (Phi) is 4.79. The van der Waals surface area contributed by atoms with Crippen LogP contribution in [0.1, 0.15) is 97.3 Å². The maximum absolute atomic E-state index is 9.26. The highest BCUT2D eigenvalue weighted by molar-refractivity contribution is 5.23. The van der Waals surface area contributed by atoms with Crippen molar-refractivity contribution >= 4 is 0 Å². The van der Waals surface area contributed by atoms with Gasteiger partial charge in [-0.1, -0.05) is 31.9 Å². The van der Waals surface area contributed by atoms with Crippen molar-refractivity contribution in [2.24, 2.45) is 34.5 Å². The van der Waals surface area contributed by atoms with E-state index in [1.807, 2.05) is 0 Å². The Hall–Kier alpha value is -0.340. The summed E-state index contributed by atoms with van der Waals surface area (Å²) in [4.78, 5) is 0. The summed E-state index contributed by atoms with van der Waals surface area (Å²) in [5.74, 6) is 3.39. The van der Waals surface area contributed by atoms with Crippen molar-refractivity contribution < 1.29 is 9.84 Å². The molecule has 0 bridgehead atoms. The lowest BCUT2D eigenvalue weighted by Gasteiger charge is -2.58. The monoisotopic (exact) mass is 386 g/mol. The van der Waals surface area contributed by atoms with Crippen molar-refractivity contribution in [3.63, 3.8) is 0 Å². The molecule has 0 radical (unpaired) electrons. The number of epoxide rings is 1. The third-order valence-corrected chi connectivity index (χ3v) is 10.3. The van der Waals surface area contributed by atoms with E-state index >= 15 is 0 Å². The predicted octanol–water partition coefficient (Wildman–Crippen LogP) is 6.28. The Bertz CT molecular complexity index is 622. The molecule has 0 aromatic heterocycles. The van der Waals surface area contributed by atoms with Crippen LogP contribution in [0.2, 0.25) is 0 Å². The minimum absolute atomic E-state index is 0.132. The van der Waals surface area contributed by atoms with E-state index in [1.54, 1.807) is 5.57 Å². The minimum Gasteiger partial charge on any atom is -0.396 e. The van der Waals surface area contributed by atoms with Crippen LogP contribution in [0.25, 0.3) is 0 Å². The van der Waals surface area contributed by atoms with Crippen LogP contribution in [-0.2, 0) is 4.74 Å². The summed E-state index contributed by atoms with van der Waals surface area (Å²) in [5, 5.41) is 9.26. The van der Waals surface area contributed by atoms with E-state index < -0.39 is 0 Å². The molecule has 1 spiro atoms. The zero-order valence-corrected chi connectivity index (χ0v) is 18.3. The first-order chi connectivity index (χ1) is 13.4. The van der Waals surface area contributed by atoms with Crippen molar-refractivity contribution in [2.75, 3.05) is 6.61 Å². The quantitative estimate of drug-likeness (QED) is 0.456. The summed E-state index contributed by atoms with van der Waals surface area (Å²) in [6.07, 6.45) is 17.7. The molecule has 0 aromatic rings. The van der Waals surface area contributed by atoms with Crippen molar-refractivity contribution in [1.82, 2.24) is 0 Å². The zero-order valence-electron chi connectivity index (χ0n) is 18.3. The first kappa shape index (κ1) is 19.6. The van der Waals surface area contributed by atoms with Crippen LogP contribution in [0.5, 0.6) is 0 Å². The summed E-state index contributed by atoms with van der Waals surface area (Å²) in [6, 6.07) is 0. The van der Waals surface area contributed by atoms with E-state index in [0.717, 1.165) is 30.1 Å². The Morgan fingerprint density at radius 3 is 2.61 bits per heavy atom. The molecule has 1 heterocycles. The average molecular weight is 387 g/mol. The molecule has 5 fully saturated rings. The average Bonchev–Trinajstić information content (AvgIpc) is 3.06. The summed E-state index contributed by atoms with van der Waals surface area (Å²) < 4.78 is 6.53. The van der Waals surface area contributed by atoms with Gasteiger partial charge < -0.3 is 9.84 Å². The molecule has 0 unspecified atom stereocenters. The van der Waals surface area contributed by atoms with Gasteiger partial charge in [0.2, 0.25) is 0 Å². The van der Waals surface area contributed by atoms with Crippen LogP contribution in [0.4, 0.5) is 0 Å². The fourth-order valence-corrected chi connectivity index (χ4v) is 8.69. The van der Waals surface area contributed by atoms with E-state index in [4.69, 9.17) is 11.3 Å². The lowest BCUT2D eigenvalue weighted by Crippen LogP contribution is -2.51. The highest BCUT2D eigenvalue weighted by Gasteiger charge is 2.66. The Balaban J connectivity index is 1.35. The SMILES string of the molecule is C=C1C[C@@]2(CC[C@H](CCCO)C2)[C@@H]2O[C@]2(C)CC[C@@H]2[C@@H]1C[C@]2(C)C1CCCC1. The van der Waals surface area contributed by atoms with Crippen molar-refractivity contribution in [2.45, 2.75) is 109 Å². The largest absolute Gasteiger partial charge is 0.396 e. The van der Waals surface area contributed by atoms with Gasteiger partial charge in [-0.25, -0.2) is 0 Å². The van der Waals surface area contributed by atoms with Gasteiger partial charge in [-0.05, 0) is 107 Å². The van der Waals surface area contributed by atoms with Gasteiger partial charge in [-0.2, -0.15) is 0 Å². The molecule has 2 nitrogen and oxygen atoms in total. The normalized spacial score (nSPS) is 51.2. The summed E-state index contributed by atoms with van der Waals surface area (Å²) in [6.45, 7) is 10.1. The van der Waals surface area contributed by atoms with Gasteiger partial charge in [-0.15, -0.1) is 0 Å². The number of rotatable bonds is 4. The molecule has 4 aliphatic carbocycles. The summed E-state index contributed by atoms with van der Waals surface area (Å²) in [7, 11) is 0. The van der Waals surface area contributed by atoms with E-state index in [-0.39, 0.29) is 5.60 Å². The zero-order chi connectivity index (χ0) is 19.6. The Morgan fingerprint density at radius 2 is 1.86 bits per heavy atom. The second kappa shape index (κ2) is 6.84.